The number of hydrogen-bond acceptors (Lipinski definition) is 1. The molecular formula is C26H21NO. The zero-order valence-corrected chi connectivity index (χ0v) is 15.7. The molecule has 2 heteroatoms. The molecule has 1 amide bonds. The predicted molar refractivity (Wildman–Crippen MR) is 116 cm³/mol. The van der Waals surface area contributed by atoms with E-state index < -0.39 is 0 Å². The molecule has 4 aromatic rings. The molecule has 0 atom stereocenters. The number of aryl methyl sites for hydroxylation is 1. The second kappa shape index (κ2) is 7.93. The number of nitrogens with one attached hydrogen (secondary N) is 1. The first-order valence-electron chi connectivity index (χ1n) is 9.34. The summed E-state index contributed by atoms with van der Waals surface area (Å²) in [5, 5.41) is 3.11. The van der Waals surface area contributed by atoms with E-state index in [2.05, 4.69) is 23.5 Å². The van der Waals surface area contributed by atoms with E-state index in [1.807, 2.05) is 91.9 Å². The Hall–Kier alpha value is -3.65. The minimum absolute atomic E-state index is 0.104. The maximum absolute atomic E-state index is 13.1. The normalized spacial score (nSPS) is 10.5. The van der Waals surface area contributed by atoms with Crippen LogP contribution in [0.3, 0.4) is 0 Å². The summed E-state index contributed by atoms with van der Waals surface area (Å²) >= 11 is 0. The first-order valence-corrected chi connectivity index (χ1v) is 9.34. The van der Waals surface area contributed by atoms with Gasteiger partial charge >= 0.3 is 0 Å². The molecule has 0 saturated heterocycles. The van der Waals surface area contributed by atoms with Crippen LogP contribution in [0.5, 0.6) is 0 Å². The van der Waals surface area contributed by atoms with E-state index in [1.165, 1.54) is 0 Å². The average molecular weight is 363 g/mol. The quantitative estimate of drug-likeness (QED) is 0.436. The summed E-state index contributed by atoms with van der Waals surface area (Å²) in [7, 11) is 0. The van der Waals surface area contributed by atoms with Crippen molar-refractivity contribution in [2.24, 2.45) is 0 Å². The molecule has 0 aliphatic rings. The van der Waals surface area contributed by atoms with Crippen LogP contribution in [-0.2, 0) is 0 Å². The second-order valence-corrected chi connectivity index (χ2v) is 6.76. The van der Waals surface area contributed by atoms with E-state index in [-0.39, 0.29) is 5.91 Å². The van der Waals surface area contributed by atoms with Gasteiger partial charge in [0.2, 0.25) is 0 Å². The van der Waals surface area contributed by atoms with Gasteiger partial charge in [0.1, 0.15) is 0 Å². The van der Waals surface area contributed by atoms with Gasteiger partial charge in [-0.2, -0.15) is 0 Å². The van der Waals surface area contributed by atoms with Gasteiger partial charge in [-0.15, -0.1) is 0 Å². The van der Waals surface area contributed by atoms with Crippen molar-refractivity contribution >= 4 is 11.6 Å². The number of hydrogen-bond donors (Lipinski definition) is 1. The largest absolute Gasteiger partial charge is 0.322 e. The highest BCUT2D eigenvalue weighted by Gasteiger charge is 2.14. The Morgan fingerprint density at radius 2 is 1.25 bits per heavy atom. The minimum atomic E-state index is -0.104. The third-order valence-corrected chi connectivity index (χ3v) is 4.85. The maximum Gasteiger partial charge on any atom is 0.256 e. The highest BCUT2D eigenvalue weighted by atomic mass is 16.1. The molecule has 0 radical (unpaired) electrons. The molecule has 0 unspecified atom stereocenters. The first-order chi connectivity index (χ1) is 13.7. The van der Waals surface area contributed by atoms with Crippen molar-refractivity contribution in [3.05, 3.63) is 114 Å². The van der Waals surface area contributed by atoms with Gasteiger partial charge in [0.25, 0.3) is 5.91 Å². The lowest BCUT2D eigenvalue weighted by Gasteiger charge is -2.13. The Bertz CT molecular complexity index is 1100. The Balaban J connectivity index is 1.67. The molecule has 4 aromatic carbocycles. The highest BCUT2D eigenvalue weighted by molar-refractivity contribution is 6.09. The minimum Gasteiger partial charge on any atom is -0.322 e. The lowest BCUT2D eigenvalue weighted by atomic mass is 9.98. The van der Waals surface area contributed by atoms with Crippen molar-refractivity contribution in [3.8, 4) is 22.3 Å². The molecule has 2 nitrogen and oxygen atoms in total. The number of carbonyl (C=O) groups is 1. The van der Waals surface area contributed by atoms with Gasteiger partial charge in [0, 0.05) is 11.3 Å². The van der Waals surface area contributed by atoms with Crippen molar-refractivity contribution in [2.45, 2.75) is 6.92 Å². The third kappa shape index (κ3) is 3.72. The van der Waals surface area contributed by atoms with E-state index in [4.69, 9.17) is 0 Å². The number of rotatable bonds is 4. The molecule has 0 spiro atoms. The van der Waals surface area contributed by atoms with Crippen LogP contribution in [0, 0.1) is 6.92 Å². The van der Waals surface area contributed by atoms with Gasteiger partial charge in [0.15, 0.2) is 0 Å². The van der Waals surface area contributed by atoms with Crippen LogP contribution in [0.4, 0.5) is 5.69 Å². The summed E-state index contributed by atoms with van der Waals surface area (Å²) in [4.78, 5) is 13.1. The smallest absolute Gasteiger partial charge is 0.256 e. The van der Waals surface area contributed by atoms with Gasteiger partial charge in [-0.3, -0.25) is 4.79 Å². The van der Waals surface area contributed by atoms with Crippen LogP contribution >= 0.6 is 0 Å². The van der Waals surface area contributed by atoms with Crippen molar-refractivity contribution in [2.75, 3.05) is 5.32 Å². The summed E-state index contributed by atoms with van der Waals surface area (Å²) in [5.74, 6) is -0.104. The van der Waals surface area contributed by atoms with E-state index in [0.29, 0.717) is 5.56 Å². The zero-order chi connectivity index (χ0) is 19.3. The fourth-order valence-corrected chi connectivity index (χ4v) is 3.31. The van der Waals surface area contributed by atoms with Crippen LogP contribution in [-0.4, -0.2) is 5.91 Å². The highest BCUT2D eigenvalue weighted by Crippen LogP contribution is 2.28. The Morgan fingerprint density at radius 1 is 0.643 bits per heavy atom. The molecule has 0 saturated carbocycles. The molecular weight excluding hydrogens is 342 g/mol. The predicted octanol–water partition coefficient (Wildman–Crippen LogP) is 6.58. The summed E-state index contributed by atoms with van der Waals surface area (Å²) < 4.78 is 0. The number of benzene rings is 4. The maximum atomic E-state index is 13.1. The lowest BCUT2D eigenvalue weighted by molar-refractivity contribution is 0.102. The number of amides is 1. The monoisotopic (exact) mass is 363 g/mol. The van der Waals surface area contributed by atoms with E-state index >= 15 is 0 Å². The van der Waals surface area contributed by atoms with Crippen molar-refractivity contribution < 1.29 is 4.79 Å². The summed E-state index contributed by atoms with van der Waals surface area (Å²) in [6.45, 7) is 2.01. The average Bonchev–Trinajstić information content (AvgIpc) is 2.76. The van der Waals surface area contributed by atoms with Crippen molar-refractivity contribution in [1.82, 2.24) is 0 Å². The third-order valence-electron chi connectivity index (χ3n) is 4.85. The Kier molecular flexibility index (Phi) is 5.03. The van der Waals surface area contributed by atoms with Crippen LogP contribution in [0.25, 0.3) is 22.3 Å². The number of anilines is 1. The summed E-state index contributed by atoms with van der Waals surface area (Å²) in [5.41, 5.74) is 6.69. The van der Waals surface area contributed by atoms with E-state index in [1.54, 1.807) is 0 Å². The van der Waals surface area contributed by atoms with Crippen molar-refractivity contribution in [3.63, 3.8) is 0 Å². The van der Waals surface area contributed by atoms with Crippen LogP contribution in [0.15, 0.2) is 103 Å². The second-order valence-electron chi connectivity index (χ2n) is 6.76. The standard InChI is InChI=1S/C26H21NO/c1-19-16-17-22(20-10-4-2-5-11-20)18-25(19)27-26(28)24-15-9-8-14-23(24)21-12-6-3-7-13-21/h2-18H,1H3,(H,27,28). The molecule has 0 fully saturated rings. The van der Waals surface area contributed by atoms with Crippen molar-refractivity contribution in [1.29, 1.82) is 0 Å². The van der Waals surface area contributed by atoms with E-state index in [0.717, 1.165) is 33.5 Å². The molecule has 0 aliphatic carbocycles. The van der Waals surface area contributed by atoms with Crippen LogP contribution in [0.2, 0.25) is 0 Å². The zero-order valence-electron chi connectivity index (χ0n) is 15.7. The van der Waals surface area contributed by atoms with Gasteiger partial charge in [-0.05, 0) is 46.9 Å². The van der Waals surface area contributed by atoms with Gasteiger partial charge in [-0.25, -0.2) is 0 Å². The molecule has 0 aliphatic heterocycles. The fourth-order valence-electron chi connectivity index (χ4n) is 3.31. The Morgan fingerprint density at radius 3 is 1.96 bits per heavy atom. The molecule has 0 heterocycles. The molecule has 136 valence electrons. The summed E-state index contributed by atoms with van der Waals surface area (Å²) in [6, 6.07) is 34.0. The molecule has 1 N–H and O–H groups in total. The fraction of sp³-hybridized carbons (Fsp3) is 0.0385. The summed E-state index contributed by atoms with van der Waals surface area (Å²) in [6.07, 6.45) is 0. The number of carbonyl (C=O) groups excluding carboxylic acids is 1. The molecule has 28 heavy (non-hydrogen) atoms. The van der Waals surface area contributed by atoms with Gasteiger partial charge in [0.05, 0.1) is 0 Å². The molecule has 4 rings (SSSR count). The van der Waals surface area contributed by atoms with Crippen LogP contribution < -0.4 is 5.32 Å². The topological polar surface area (TPSA) is 29.1 Å². The molecule has 0 aromatic heterocycles. The van der Waals surface area contributed by atoms with Gasteiger partial charge < -0.3 is 5.32 Å². The SMILES string of the molecule is Cc1ccc(-c2ccccc2)cc1NC(=O)c1ccccc1-c1ccccc1. The lowest BCUT2D eigenvalue weighted by Crippen LogP contribution is -2.14. The van der Waals surface area contributed by atoms with Crippen LogP contribution in [0.1, 0.15) is 15.9 Å². The Labute approximate surface area is 165 Å². The van der Waals surface area contributed by atoms with E-state index in [9.17, 15) is 4.79 Å². The molecule has 0 bridgehead atoms. The van der Waals surface area contributed by atoms with Gasteiger partial charge in [-0.1, -0.05) is 91.0 Å². The first kappa shape index (κ1) is 17.7.